The molecule has 15 heavy (non-hydrogen) atoms. The highest BCUT2D eigenvalue weighted by Crippen LogP contribution is 2.31. The Bertz CT molecular complexity index is 450. The highest BCUT2D eigenvalue weighted by atomic mass is 35.5. The van der Waals surface area contributed by atoms with Crippen LogP contribution >= 0.6 is 11.6 Å². The van der Waals surface area contributed by atoms with Crippen molar-refractivity contribution in [2.75, 3.05) is 12.3 Å². The number of benzene rings is 1. The van der Waals surface area contributed by atoms with E-state index in [9.17, 15) is 12.8 Å². The van der Waals surface area contributed by atoms with E-state index in [2.05, 4.69) is 10.5 Å². The van der Waals surface area contributed by atoms with Crippen LogP contribution in [0.5, 0.6) is 0 Å². The molecule has 0 spiro atoms. The monoisotopic (exact) mass is 252 g/mol. The molecular weight excluding hydrogens is 243 g/mol. The summed E-state index contributed by atoms with van der Waals surface area (Å²) < 4.78 is 38.7. The largest absolute Gasteiger partial charge is 0.575 e. The Labute approximate surface area is 92.3 Å². The molecule has 0 aliphatic rings. The van der Waals surface area contributed by atoms with E-state index in [4.69, 9.17) is 11.6 Å². The van der Waals surface area contributed by atoms with Crippen LogP contribution in [-0.4, -0.2) is 20.7 Å². The molecule has 0 aromatic heterocycles. The smallest absolute Gasteiger partial charge is 0.124 e. The lowest BCUT2D eigenvalue weighted by atomic mass is 10.3. The topological polar surface area (TPSA) is 75.9 Å². The maximum Gasteiger partial charge on any atom is 0.124 e. The van der Waals surface area contributed by atoms with E-state index in [0.717, 1.165) is 12.1 Å². The summed E-state index contributed by atoms with van der Waals surface area (Å²) in [6, 6.07) is 3.34. The Balaban J connectivity index is 2.90. The normalized spacial score (nSPS) is 11.4. The molecule has 0 aliphatic heterocycles. The third-order valence-corrected chi connectivity index (χ3v) is 3.13. The van der Waals surface area contributed by atoms with Gasteiger partial charge in [0.25, 0.3) is 0 Å². The van der Waals surface area contributed by atoms with Crippen LogP contribution in [-0.2, 0) is 10.0 Å². The molecule has 0 fully saturated rings. The van der Waals surface area contributed by atoms with Crippen molar-refractivity contribution in [3.8, 4) is 0 Å². The van der Waals surface area contributed by atoms with E-state index in [1.165, 1.54) is 6.07 Å². The van der Waals surface area contributed by atoms with E-state index < -0.39 is 15.8 Å². The van der Waals surface area contributed by atoms with Gasteiger partial charge in [-0.25, -0.2) is 12.8 Å². The fraction of sp³-hybridized carbons (Fsp3) is 0.250. The van der Waals surface area contributed by atoms with Crippen molar-refractivity contribution >= 4 is 27.3 Å². The highest BCUT2D eigenvalue weighted by Gasteiger charge is 2.02. The lowest BCUT2D eigenvalue weighted by Crippen LogP contribution is -2.52. The maximum atomic E-state index is 12.6. The van der Waals surface area contributed by atoms with Crippen molar-refractivity contribution in [1.29, 1.82) is 0 Å². The standard InChI is InChI=1S/C8H9ClFN2O2S/c9-7-5-6(10)1-2-8(7)12-15(13,14)4-3-11/h1-2,5H,3-4,11H2/q-1/p+1. The van der Waals surface area contributed by atoms with Crippen LogP contribution in [0.2, 0.25) is 5.02 Å². The van der Waals surface area contributed by atoms with Crippen molar-refractivity contribution in [3.05, 3.63) is 33.8 Å². The zero-order valence-corrected chi connectivity index (χ0v) is 9.35. The Morgan fingerprint density at radius 3 is 2.67 bits per heavy atom. The van der Waals surface area contributed by atoms with Crippen molar-refractivity contribution in [1.82, 2.24) is 0 Å². The van der Waals surface area contributed by atoms with Gasteiger partial charge in [0.05, 0.1) is 22.3 Å². The van der Waals surface area contributed by atoms with Crippen LogP contribution in [0, 0.1) is 5.82 Å². The summed E-state index contributed by atoms with van der Waals surface area (Å²) in [5, 5.41) is -0.0253. The number of nitrogens with zero attached hydrogens (tertiary/aromatic N) is 1. The van der Waals surface area contributed by atoms with Crippen LogP contribution in [0.15, 0.2) is 18.2 Å². The van der Waals surface area contributed by atoms with Gasteiger partial charge in [0.2, 0.25) is 0 Å². The molecule has 0 saturated carbocycles. The second kappa shape index (κ2) is 4.78. The molecule has 0 atom stereocenters. The number of halogens is 2. The first-order valence-electron chi connectivity index (χ1n) is 4.14. The Kier molecular flexibility index (Phi) is 3.90. The van der Waals surface area contributed by atoms with Gasteiger partial charge in [-0.15, -0.1) is 5.69 Å². The fourth-order valence-corrected chi connectivity index (χ4v) is 2.11. The first kappa shape index (κ1) is 12.2. The van der Waals surface area contributed by atoms with Gasteiger partial charge in [0, 0.05) is 5.02 Å². The molecule has 7 heteroatoms. The Morgan fingerprint density at radius 1 is 1.47 bits per heavy atom. The van der Waals surface area contributed by atoms with Gasteiger partial charge in [-0.05, 0) is 12.1 Å². The lowest BCUT2D eigenvalue weighted by Gasteiger charge is -2.21. The van der Waals surface area contributed by atoms with E-state index in [1.807, 2.05) is 0 Å². The van der Waals surface area contributed by atoms with Crippen molar-refractivity contribution < 1.29 is 18.5 Å². The predicted molar refractivity (Wildman–Crippen MR) is 56.0 cm³/mol. The van der Waals surface area contributed by atoms with E-state index in [-0.39, 0.29) is 23.0 Å². The lowest BCUT2D eigenvalue weighted by molar-refractivity contribution is -0.360. The van der Waals surface area contributed by atoms with E-state index in [0.29, 0.717) is 0 Å². The average molecular weight is 253 g/mol. The third kappa shape index (κ3) is 3.65. The van der Waals surface area contributed by atoms with Crippen molar-refractivity contribution in [3.63, 3.8) is 0 Å². The maximum absolute atomic E-state index is 12.6. The summed E-state index contributed by atoms with van der Waals surface area (Å²) in [5.41, 5.74) is 3.46. The minimum Gasteiger partial charge on any atom is -0.575 e. The minimum absolute atomic E-state index is 0.0253. The second-order valence-corrected chi connectivity index (χ2v) is 4.99. The molecule has 0 amide bonds. The minimum atomic E-state index is -3.56. The molecule has 1 aromatic carbocycles. The molecule has 1 aromatic rings. The molecule has 0 radical (unpaired) electrons. The second-order valence-electron chi connectivity index (χ2n) is 2.83. The molecule has 0 saturated heterocycles. The quantitative estimate of drug-likeness (QED) is 0.870. The van der Waals surface area contributed by atoms with Gasteiger partial charge in [0.15, 0.2) is 0 Å². The van der Waals surface area contributed by atoms with Gasteiger partial charge in [-0.3, -0.25) is 0 Å². The molecule has 1 rings (SSSR count). The summed E-state index contributed by atoms with van der Waals surface area (Å²) in [6.45, 7) is 0.227. The average Bonchev–Trinajstić information content (AvgIpc) is 2.09. The van der Waals surface area contributed by atoms with Crippen LogP contribution < -0.4 is 5.73 Å². The first-order valence-corrected chi connectivity index (χ1v) is 6.13. The number of hydrogen-bond donors (Lipinski definition) is 1. The number of sulfonamides is 1. The van der Waals surface area contributed by atoms with Gasteiger partial charge >= 0.3 is 0 Å². The van der Waals surface area contributed by atoms with Crippen LogP contribution in [0.3, 0.4) is 0 Å². The van der Waals surface area contributed by atoms with Crippen LogP contribution in [0.1, 0.15) is 0 Å². The van der Waals surface area contributed by atoms with Crippen molar-refractivity contribution in [2.24, 2.45) is 0 Å². The molecular formula is C8H10ClFN2O2S. The first-order chi connectivity index (χ1) is 6.94. The molecule has 3 N–H and O–H groups in total. The van der Waals surface area contributed by atoms with E-state index in [1.54, 1.807) is 0 Å². The van der Waals surface area contributed by atoms with E-state index >= 15 is 0 Å². The summed E-state index contributed by atoms with van der Waals surface area (Å²) in [5.74, 6) is -0.686. The summed E-state index contributed by atoms with van der Waals surface area (Å²) >= 11 is 5.62. The van der Waals surface area contributed by atoms with Gasteiger partial charge < -0.3 is 10.5 Å². The zero-order chi connectivity index (χ0) is 11.5. The summed E-state index contributed by atoms with van der Waals surface area (Å²) in [4.78, 5) is 0. The molecule has 4 nitrogen and oxygen atoms in total. The van der Waals surface area contributed by atoms with Gasteiger partial charge in [0.1, 0.15) is 5.82 Å². The fourth-order valence-electron chi connectivity index (χ4n) is 0.933. The third-order valence-electron chi connectivity index (χ3n) is 1.55. The summed E-state index contributed by atoms with van der Waals surface area (Å²) in [7, 11) is -3.56. The van der Waals surface area contributed by atoms with Gasteiger partial charge in [-0.2, -0.15) is 0 Å². The van der Waals surface area contributed by atoms with Gasteiger partial charge in [-0.1, -0.05) is 17.7 Å². The zero-order valence-electron chi connectivity index (χ0n) is 7.78. The van der Waals surface area contributed by atoms with Crippen molar-refractivity contribution in [2.45, 2.75) is 0 Å². The number of quaternary nitrogens is 1. The Morgan fingerprint density at radius 2 is 2.13 bits per heavy atom. The molecule has 0 unspecified atom stereocenters. The molecule has 0 bridgehead atoms. The van der Waals surface area contributed by atoms with Crippen LogP contribution in [0.25, 0.3) is 4.72 Å². The molecule has 0 aliphatic carbocycles. The summed E-state index contributed by atoms with van der Waals surface area (Å²) in [6.07, 6.45) is 0. The molecule has 84 valence electrons. The Hall–Kier alpha value is -0.850. The number of hydrogen-bond acceptors (Lipinski definition) is 2. The molecule has 0 heterocycles. The predicted octanol–water partition coefficient (Wildman–Crippen LogP) is 1.06. The number of rotatable bonds is 4. The highest BCUT2D eigenvalue weighted by molar-refractivity contribution is 7.94. The van der Waals surface area contributed by atoms with Crippen LogP contribution in [0.4, 0.5) is 10.1 Å². The SMILES string of the molecule is [NH3+]CCS(=O)(=O)[N-]c1ccc(F)cc1Cl.